The lowest BCUT2D eigenvalue weighted by molar-refractivity contribution is -0.141. The fraction of sp³-hybridized carbons (Fsp3) is 0.412. The predicted octanol–water partition coefficient (Wildman–Crippen LogP) is 2.88. The maximum Gasteiger partial charge on any atom is 0.225 e. The smallest absolute Gasteiger partial charge is 0.225 e. The van der Waals surface area contributed by atoms with Crippen LogP contribution < -0.4 is 5.32 Å². The van der Waals surface area contributed by atoms with E-state index in [1.54, 1.807) is 23.3 Å². The minimum atomic E-state index is -0.229. The third kappa shape index (κ3) is 3.32. The number of aryl methyl sites for hydroxylation is 1. The van der Waals surface area contributed by atoms with Gasteiger partial charge in [-0.25, -0.2) is 0 Å². The van der Waals surface area contributed by atoms with Crippen molar-refractivity contribution in [2.24, 2.45) is 5.92 Å². The van der Waals surface area contributed by atoms with E-state index in [4.69, 9.17) is 4.42 Å². The summed E-state index contributed by atoms with van der Waals surface area (Å²) in [7, 11) is 1.78. The SMILES string of the molecule is Cc1ccc(CNC(=O)[C@@H]2CCC(=O)N(C)[C@@H]2c2cccs2)o1. The second-order valence-corrected chi connectivity index (χ2v) is 6.82. The van der Waals surface area contributed by atoms with Gasteiger partial charge in [0.2, 0.25) is 11.8 Å². The van der Waals surface area contributed by atoms with Crippen molar-refractivity contribution in [1.29, 1.82) is 0 Å². The molecular formula is C17H20N2O3S. The Bertz CT molecular complexity index is 693. The van der Waals surface area contributed by atoms with Gasteiger partial charge in [-0.15, -0.1) is 11.3 Å². The summed E-state index contributed by atoms with van der Waals surface area (Å²) in [6, 6.07) is 7.49. The first-order valence-corrected chi connectivity index (χ1v) is 8.56. The zero-order valence-electron chi connectivity index (χ0n) is 13.2. The summed E-state index contributed by atoms with van der Waals surface area (Å²) in [5.41, 5.74) is 0. The number of thiophene rings is 1. The number of hydrogen-bond donors (Lipinski definition) is 1. The van der Waals surface area contributed by atoms with Gasteiger partial charge in [-0.2, -0.15) is 0 Å². The predicted molar refractivity (Wildman–Crippen MR) is 87.8 cm³/mol. The lowest BCUT2D eigenvalue weighted by atomic mass is 9.87. The molecule has 5 nitrogen and oxygen atoms in total. The molecule has 2 aromatic rings. The maximum absolute atomic E-state index is 12.6. The van der Waals surface area contributed by atoms with E-state index in [2.05, 4.69) is 5.32 Å². The Morgan fingerprint density at radius 2 is 2.26 bits per heavy atom. The first-order valence-electron chi connectivity index (χ1n) is 7.68. The normalized spacial score (nSPS) is 21.5. The summed E-state index contributed by atoms with van der Waals surface area (Å²) in [6.07, 6.45) is 0.991. The summed E-state index contributed by atoms with van der Waals surface area (Å²) in [5, 5.41) is 4.92. The lowest BCUT2D eigenvalue weighted by Crippen LogP contribution is -2.45. The molecule has 1 aliphatic heterocycles. The monoisotopic (exact) mass is 332 g/mol. The molecule has 122 valence electrons. The molecule has 0 bridgehead atoms. The molecule has 0 spiro atoms. The number of carbonyl (C=O) groups is 2. The molecule has 0 unspecified atom stereocenters. The van der Waals surface area contributed by atoms with Crippen LogP contribution in [0.4, 0.5) is 0 Å². The molecule has 0 saturated carbocycles. The second-order valence-electron chi connectivity index (χ2n) is 5.84. The van der Waals surface area contributed by atoms with Gasteiger partial charge in [-0.05, 0) is 36.9 Å². The van der Waals surface area contributed by atoms with Crippen molar-refractivity contribution < 1.29 is 14.0 Å². The molecule has 6 heteroatoms. The van der Waals surface area contributed by atoms with E-state index in [0.29, 0.717) is 19.4 Å². The van der Waals surface area contributed by atoms with Crippen molar-refractivity contribution in [2.45, 2.75) is 32.4 Å². The van der Waals surface area contributed by atoms with Gasteiger partial charge in [0.1, 0.15) is 11.5 Å². The van der Waals surface area contributed by atoms with E-state index < -0.39 is 0 Å². The molecular weight excluding hydrogens is 312 g/mol. The number of nitrogens with zero attached hydrogens (tertiary/aromatic N) is 1. The van der Waals surface area contributed by atoms with Crippen LogP contribution in [-0.4, -0.2) is 23.8 Å². The molecule has 0 radical (unpaired) electrons. The van der Waals surface area contributed by atoms with Crippen LogP contribution in [0, 0.1) is 12.8 Å². The van der Waals surface area contributed by atoms with E-state index in [-0.39, 0.29) is 23.8 Å². The van der Waals surface area contributed by atoms with Gasteiger partial charge in [0.25, 0.3) is 0 Å². The average Bonchev–Trinajstić information content (AvgIpc) is 3.19. The number of rotatable bonds is 4. The zero-order chi connectivity index (χ0) is 16.4. The van der Waals surface area contributed by atoms with Crippen LogP contribution in [0.2, 0.25) is 0 Å². The highest BCUT2D eigenvalue weighted by Gasteiger charge is 2.39. The Hall–Kier alpha value is -2.08. The van der Waals surface area contributed by atoms with Gasteiger partial charge in [-0.1, -0.05) is 6.07 Å². The zero-order valence-corrected chi connectivity index (χ0v) is 14.1. The van der Waals surface area contributed by atoms with E-state index in [1.807, 2.05) is 36.6 Å². The number of likely N-dealkylation sites (tertiary alicyclic amines) is 1. The minimum Gasteiger partial charge on any atom is -0.465 e. The Kier molecular flexibility index (Phi) is 4.52. The minimum absolute atomic E-state index is 0.0307. The van der Waals surface area contributed by atoms with Crippen LogP contribution in [0.5, 0.6) is 0 Å². The summed E-state index contributed by atoms with van der Waals surface area (Å²) >= 11 is 1.58. The van der Waals surface area contributed by atoms with Crippen LogP contribution in [0.3, 0.4) is 0 Å². The number of amides is 2. The van der Waals surface area contributed by atoms with Gasteiger partial charge < -0.3 is 14.6 Å². The number of piperidine rings is 1. The van der Waals surface area contributed by atoms with Gasteiger partial charge in [0.05, 0.1) is 18.5 Å². The van der Waals surface area contributed by atoms with E-state index >= 15 is 0 Å². The lowest BCUT2D eigenvalue weighted by Gasteiger charge is -2.37. The van der Waals surface area contributed by atoms with Crippen LogP contribution in [0.1, 0.15) is 35.3 Å². The van der Waals surface area contributed by atoms with E-state index in [0.717, 1.165) is 16.4 Å². The second kappa shape index (κ2) is 6.58. The summed E-state index contributed by atoms with van der Waals surface area (Å²) < 4.78 is 5.48. The van der Waals surface area contributed by atoms with Crippen molar-refractivity contribution in [3.8, 4) is 0 Å². The number of nitrogens with one attached hydrogen (secondary N) is 1. The summed E-state index contributed by atoms with van der Waals surface area (Å²) in [4.78, 5) is 27.4. The Balaban J connectivity index is 1.73. The number of carbonyl (C=O) groups excluding carboxylic acids is 2. The van der Waals surface area contributed by atoms with Crippen molar-refractivity contribution >= 4 is 23.2 Å². The summed E-state index contributed by atoms with van der Waals surface area (Å²) in [6.45, 7) is 2.25. The highest BCUT2D eigenvalue weighted by molar-refractivity contribution is 7.10. The molecule has 1 N–H and O–H groups in total. The third-order valence-electron chi connectivity index (χ3n) is 4.27. The standard InChI is InChI=1S/C17H20N2O3S/c1-11-5-6-12(22-11)10-18-17(21)13-7-8-15(20)19(2)16(13)14-4-3-9-23-14/h3-6,9,13,16H,7-8,10H2,1-2H3,(H,18,21)/t13-,16+/m1/s1. The molecule has 1 saturated heterocycles. The molecule has 1 fully saturated rings. The number of furan rings is 1. The molecule has 2 atom stereocenters. The molecule has 1 aliphatic rings. The first kappa shape index (κ1) is 15.8. The van der Waals surface area contributed by atoms with Gasteiger partial charge in [0.15, 0.2) is 0 Å². The van der Waals surface area contributed by atoms with Gasteiger partial charge >= 0.3 is 0 Å². The van der Waals surface area contributed by atoms with Gasteiger partial charge in [-0.3, -0.25) is 9.59 Å². The first-order chi connectivity index (χ1) is 11.1. The quantitative estimate of drug-likeness (QED) is 0.936. The topological polar surface area (TPSA) is 62.6 Å². The average molecular weight is 332 g/mol. The molecule has 2 amide bonds. The fourth-order valence-electron chi connectivity index (χ4n) is 3.05. The molecule has 2 aromatic heterocycles. The summed E-state index contributed by atoms with van der Waals surface area (Å²) in [5.74, 6) is 1.40. The molecule has 0 aromatic carbocycles. The van der Waals surface area contributed by atoms with Crippen molar-refractivity contribution in [3.63, 3.8) is 0 Å². The van der Waals surface area contributed by atoms with Crippen LogP contribution in [-0.2, 0) is 16.1 Å². The van der Waals surface area contributed by atoms with Gasteiger partial charge in [0, 0.05) is 18.3 Å². The highest BCUT2D eigenvalue weighted by atomic mass is 32.1. The van der Waals surface area contributed by atoms with Crippen LogP contribution in [0.25, 0.3) is 0 Å². The Morgan fingerprint density at radius 3 is 2.91 bits per heavy atom. The van der Waals surface area contributed by atoms with E-state index in [9.17, 15) is 9.59 Å². The molecule has 3 heterocycles. The molecule has 3 rings (SSSR count). The fourth-order valence-corrected chi connectivity index (χ4v) is 3.98. The van der Waals surface area contributed by atoms with Crippen molar-refractivity contribution in [3.05, 3.63) is 46.0 Å². The van der Waals surface area contributed by atoms with Crippen LogP contribution in [0.15, 0.2) is 34.1 Å². The van der Waals surface area contributed by atoms with E-state index in [1.165, 1.54) is 0 Å². The Labute approximate surface area is 139 Å². The van der Waals surface area contributed by atoms with Crippen molar-refractivity contribution in [2.75, 3.05) is 7.05 Å². The largest absolute Gasteiger partial charge is 0.465 e. The molecule has 23 heavy (non-hydrogen) atoms. The molecule has 0 aliphatic carbocycles. The van der Waals surface area contributed by atoms with Crippen LogP contribution >= 0.6 is 11.3 Å². The van der Waals surface area contributed by atoms with Crippen molar-refractivity contribution in [1.82, 2.24) is 10.2 Å². The Morgan fingerprint density at radius 1 is 1.43 bits per heavy atom. The number of hydrogen-bond acceptors (Lipinski definition) is 4. The maximum atomic E-state index is 12.6. The highest BCUT2D eigenvalue weighted by Crippen LogP contribution is 2.37. The third-order valence-corrected chi connectivity index (χ3v) is 5.21.